The predicted octanol–water partition coefficient (Wildman–Crippen LogP) is 3.48. The molecule has 0 unspecified atom stereocenters. The first-order valence-electron chi connectivity index (χ1n) is 5.32. The van der Waals surface area contributed by atoms with Gasteiger partial charge in [-0.2, -0.15) is 0 Å². The van der Waals surface area contributed by atoms with Gasteiger partial charge in [0.05, 0.1) is 5.54 Å². The molecule has 0 aromatic heterocycles. The van der Waals surface area contributed by atoms with E-state index in [0.29, 0.717) is 0 Å². The average molecular weight is 343 g/mol. The molecule has 90 valence electrons. The third-order valence-electron chi connectivity index (χ3n) is 3.07. The Balaban J connectivity index is 4.62. The van der Waals surface area contributed by atoms with Crippen molar-refractivity contribution in [2.24, 2.45) is 5.41 Å². The lowest BCUT2D eigenvalue weighted by Gasteiger charge is -2.34. The smallest absolute Gasteiger partial charge is 0.226 e. The van der Waals surface area contributed by atoms with Crippen LogP contribution in [0.1, 0.15) is 40.5 Å². The molecule has 0 atom stereocenters. The third-order valence-corrected chi connectivity index (χ3v) is 5.21. The second-order valence-corrected chi connectivity index (χ2v) is 5.71. The van der Waals surface area contributed by atoms with E-state index in [1.165, 1.54) is 0 Å². The average Bonchev–Trinajstić information content (AvgIpc) is 2.25. The van der Waals surface area contributed by atoms with Gasteiger partial charge in [-0.15, -0.1) is 0 Å². The van der Waals surface area contributed by atoms with Crippen molar-refractivity contribution in [1.29, 1.82) is 0 Å². The Bertz CT molecular complexity index is 204. The van der Waals surface area contributed by atoms with E-state index in [-0.39, 0.29) is 16.9 Å². The van der Waals surface area contributed by atoms with Crippen LogP contribution in [0.15, 0.2) is 0 Å². The highest BCUT2D eigenvalue weighted by molar-refractivity contribution is 9.09. The molecule has 0 radical (unpaired) electrons. The number of hydrogen-bond donors (Lipinski definition) is 1. The van der Waals surface area contributed by atoms with Crippen LogP contribution in [0, 0.1) is 5.41 Å². The Morgan fingerprint density at radius 3 is 1.87 bits per heavy atom. The van der Waals surface area contributed by atoms with E-state index < -0.39 is 0 Å². The number of carbonyl (C=O) groups is 1. The summed E-state index contributed by atoms with van der Waals surface area (Å²) in [6.45, 7) is 8.08. The molecule has 4 heteroatoms. The molecule has 0 rings (SSSR count). The van der Waals surface area contributed by atoms with E-state index in [9.17, 15) is 4.79 Å². The van der Waals surface area contributed by atoms with E-state index in [1.54, 1.807) is 0 Å². The number of amides is 1. The molecule has 15 heavy (non-hydrogen) atoms. The number of nitrogens with one attached hydrogen (secondary N) is 1. The molecule has 0 aromatic carbocycles. The maximum absolute atomic E-state index is 12.0. The fourth-order valence-corrected chi connectivity index (χ4v) is 2.95. The van der Waals surface area contributed by atoms with Crippen LogP contribution in [-0.2, 0) is 4.79 Å². The Kier molecular flexibility index (Phi) is 6.41. The van der Waals surface area contributed by atoms with Gasteiger partial charge in [-0.1, -0.05) is 59.6 Å². The zero-order valence-corrected chi connectivity index (χ0v) is 13.2. The van der Waals surface area contributed by atoms with Gasteiger partial charge < -0.3 is 5.32 Å². The summed E-state index contributed by atoms with van der Waals surface area (Å²) in [5.41, 5.74) is -0.450. The predicted molar refractivity (Wildman–Crippen MR) is 72.8 cm³/mol. The number of carbonyl (C=O) groups excluding carboxylic acids is 1. The summed E-state index contributed by atoms with van der Waals surface area (Å²) in [6, 6.07) is 0. The SMILES string of the molecule is CCC(CBr)(CBr)NC(=O)C(C)(C)CC. The highest BCUT2D eigenvalue weighted by Gasteiger charge is 2.33. The van der Waals surface area contributed by atoms with Crippen molar-refractivity contribution in [3.05, 3.63) is 0 Å². The molecule has 0 aliphatic rings. The van der Waals surface area contributed by atoms with Crippen LogP contribution in [0.4, 0.5) is 0 Å². The normalized spacial score (nSPS) is 12.7. The quantitative estimate of drug-likeness (QED) is 0.735. The summed E-state index contributed by atoms with van der Waals surface area (Å²) in [5.74, 6) is 0.130. The second-order valence-electron chi connectivity index (χ2n) is 4.59. The molecule has 0 bridgehead atoms. The molecule has 0 aromatic rings. The zero-order chi connectivity index (χ0) is 12.1. The molecule has 0 saturated heterocycles. The van der Waals surface area contributed by atoms with Crippen LogP contribution < -0.4 is 5.32 Å². The maximum Gasteiger partial charge on any atom is 0.226 e. The third kappa shape index (κ3) is 4.06. The number of halogens is 2. The van der Waals surface area contributed by atoms with Gasteiger partial charge >= 0.3 is 0 Å². The lowest BCUT2D eigenvalue weighted by Crippen LogP contribution is -2.54. The van der Waals surface area contributed by atoms with Crippen molar-refractivity contribution >= 4 is 37.8 Å². The molecule has 0 saturated carbocycles. The van der Waals surface area contributed by atoms with Gasteiger partial charge in [0.25, 0.3) is 0 Å². The van der Waals surface area contributed by atoms with Crippen molar-refractivity contribution in [3.8, 4) is 0 Å². The zero-order valence-electron chi connectivity index (χ0n) is 9.99. The van der Waals surface area contributed by atoms with Crippen LogP contribution in [0.25, 0.3) is 0 Å². The highest BCUT2D eigenvalue weighted by atomic mass is 79.9. The monoisotopic (exact) mass is 341 g/mol. The van der Waals surface area contributed by atoms with Crippen molar-refractivity contribution < 1.29 is 4.79 Å². The molecule has 0 spiro atoms. The summed E-state index contributed by atoms with van der Waals surface area (Å²) in [7, 11) is 0. The van der Waals surface area contributed by atoms with Crippen LogP contribution >= 0.6 is 31.9 Å². The van der Waals surface area contributed by atoms with Crippen LogP contribution in [0.2, 0.25) is 0 Å². The van der Waals surface area contributed by atoms with Gasteiger partial charge in [-0.05, 0) is 12.8 Å². The van der Waals surface area contributed by atoms with E-state index in [2.05, 4.69) is 44.1 Å². The number of alkyl halides is 2. The molecular weight excluding hydrogens is 322 g/mol. The molecule has 0 aliphatic carbocycles. The number of rotatable bonds is 6. The Hall–Kier alpha value is 0.430. The summed E-state index contributed by atoms with van der Waals surface area (Å²) in [4.78, 5) is 12.0. The molecule has 1 amide bonds. The van der Waals surface area contributed by atoms with Crippen molar-refractivity contribution in [2.75, 3.05) is 10.7 Å². The van der Waals surface area contributed by atoms with Crippen LogP contribution in [0.5, 0.6) is 0 Å². The first kappa shape index (κ1) is 15.4. The van der Waals surface area contributed by atoms with Gasteiger partial charge in [0.15, 0.2) is 0 Å². The molecular formula is C11H21Br2NO. The van der Waals surface area contributed by atoms with Gasteiger partial charge in [0.2, 0.25) is 5.91 Å². The molecule has 1 N–H and O–H groups in total. The minimum Gasteiger partial charge on any atom is -0.349 e. The largest absolute Gasteiger partial charge is 0.349 e. The first-order valence-corrected chi connectivity index (χ1v) is 7.56. The van der Waals surface area contributed by atoms with Crippen LogP contribution in [-0.4, -0.2) is 22.1 Å². The summed E-state index contributed by atoms with van der Waals surface area (Å²) in [6.07, 6.45) is 1.76. The molecule has 0 heterocycles. The maximum atomic E-state index is 12.0. The van der Waals surface area contributed by atoms with E-state index in [0.717, 1.165) is 23.5 Å². The Morgan fingerprint density at radius 2 is 1.60 bits per heavy atom. The number of hydrogen-bond acceptors (Lipinski definition) is 1. The highest BCUT2D eigenvalue weighted by Crippen LogP contribution is 2.24. The van der Waals surface area contributed by atoms with E-state index in [1.807, 2.05) is 20.8 Å². The minimum atomic E-state index is -0.287. The fraction of sp³-hybridized carbons (Fsp3) is 0.909. The van der Waals surface area contributed by atoms with E-state index >= 15 is 0 Å². The standard InChI is InChI=1S/C11H21Br2NO/c1-5-10(3,4)9(15)14-11(6-2,7-12)8-13/h5-8H2,1-4H3,(H,14,15). The summed E-state index contributed by atoms with van der Waals surface area (Å²) >= 11 is 6.93. The van der Waals surface area contributed by atoms with Crippen LogP contribution in [0.3, 0.4) is 0 Å². The first-order chi connectivity index (χ1) is 6.87. The minimum absolute atomic E-state index is 0.130. The summed E-state index contributed by atoms with van der Waals surface area (Å²) in [5, 5.41) is 4.68. The molecule has 0 fully saturated rings. The Labute approximate surface area is 110 Å². The van der Waals surface area contributed by atoms with Gasteiger partial charge in [-0.25, -0.2) is 0 Å². The topological polar surface area (TPSA) is 29.1 Å². The fourth-order valence-electron chi connectivity index (χ4n) is 0.950. The van der Waals surface area contributed by atoms with E-state index in [4.69, 9.17) is 0 Å². The van der Waals surface area contributed by atoms with Gasteiger partial charge in [-0.3, -0.25) is 4.79 Å². The van der Waals surface area contributed by atoms with Crippen molar-refractivity contribution in [2.45, 2.75) is 46.1 Å². The molecule has 2 nitrogen and oxygen atoms in total. The lowest BCUT2D eigenvalue weighted by molar-refractivity contribution is -0.131. The second kappa shape index (κ2) is 6.24. The van der Waals surface area contributed by atoms with Gasteiger partial charge in [0, 0.05) is 16.1 Å². The lowest BCUT2D eigenvalue weighted by atomic mass is 9.87. The van der Waals surface area contributed by atoms with Crippen molar-refractivity contribution in [3.63, 3.8) is 0 Å². The Morgan fingerprint density at radius 1 is 1.13 bits per heavy atom. The van der Waals surface area contributed by atoms with Crippen molar-refractivity contribution in [1.82, 2.24) is 5.32 Å². The summed E-state index contributed by atoms with van der Waals surface area (Å²) < 4.78 is 0. The van der Waals surface area contributed by atoms with Gasteiger partial charge in [0.1, 0.15) is 0 Å². The molecule has 0 aliphatic heterocycles.